The van der Waals surface area contributed by atoms with Crippen molar-refractivity contribution in [2.24, 2.45) is 0 Å². The first-order valence-corrected chi connectivity index (χ1v) is 9.23. The number of anilines is 2. The Hall–Kier alpha value is -3.46. The van der Waals surface area contributed by atoms with Crippen LogP contribution < -0.4 is 10.6 Å². The van der Waals surface area contributed by atoms with Crippen LogP contribution in [0.1, 0.15) is 23.4 Å². The lowest BCUT2D eigenvalue weighted by molar-refractivity contribution is -0.117. The van der Waals surface area contributed by atoms with Crippen molar-refractivity contribution in [2.45, 2.75) is 19.8 Å². The molecule has 3 aromatic heterocycles. The second-order valence-corrected chi connectivity index (χ2v) is 7.18. The predicted octanol–water partition coefficient (Wildman–Crippen LogP) is 3.17. The summed E-state index contributed by atoms with van der Waals surface area (Å²) in [6, 6.07) is 3.43. The summed E-state index contributed by atoms with van der Waals surface area (Å²) >= 11 is 1.41. The molecule has 0 aliphatic heterocycles. The quantitative estimate of drug-likeness (QED) is 0.622. The van der Waals surface area contributed by atoms with Gasteiger partial charge in [0.2, 0.25) is 11.8 Å². The molecule has 0 saturated carbocycles. The molecule has 3 rings (SSSR count). The van der Waals surface area contributed by atoms with Crippen LogP contribution in [0.15, 0.2) is 49.6 Å². The van der Waals surface area contributed by atoms with E-state index >= 15 is 0 Å². The zero-order valence-corrected chi connectivity index (χ0v) is 16.2. The summed E-state index contributed by atoms with van der Waals surface area (Å²) in [4.78, 5) is 41.9. The van der Waals surface area contributed by atoms with Crippen molar-refractivity contribution in [3.8, 4) is 11.3 Å². The lowest BCUT2D eigenvalue weighted by Gasteiger charge is -2.11. The van der Waals surface area contributed by atoms with E-state index < -0.39 is 5.92 Å². The number of hydrogen-bond donors (Lipinski definition) is 2. The van der Waals surface area contributed by atoms with Crippen LogP contribution in [0.25, 0.3) is 11.3 Å². The van der Waals surface area contributed by atoms with Crippen molar-refractivity contribution in [1.82, 2.24) is 19.9 Å². The van der Waals surface area contributed by atoms with Crippen LogP contribution in [-0.2, 0) is 9.59 Å². The van der Waals surface area contributed by atoms with Gasteiger partial charge in [-0.1, -0.05) is 6.58 Å². The molecule has 1 unspecified atom stereocenters. The van der Waals surface area contributed by atoms with Gasteiger partial charge in [0.05, 0.1) is 23.5 Å². The number of nitrogens with zero attached hydrogens (tertiary/aromatic N) is 4. The third kappa shape index (κ3) is 4.63. The molecule has 0 aliphatic carbocycles. The van der Waals surface area contributed by atoms with Crippen LogP contribution in [0.2, 0.25) is 0 Å². The average Bonchev–Trinajstić information content (AvgIpc) is 3.12. The van der Waals surface area contributed by atoms with Gasteiger partial charge in [-0.2, -0.15) is 0 Å². The third-order valence-electron chi connectivity index (χ3n) is 3.84. The number of aromatic nitrogens is 4. The van der Waals surface area contributed by atoms with E-state index in [1.54, 1.807) is 43.8 Å². The minimum atomic E-state index is -0.504. The molecule has 142 valence electrons. The summed E-state index contributed by atoms with van der Waals surface area (Å²) in [6.45, 7) is 7.08. The van der Waals surface area contributed by atoms with E-state index in [4.69, 9.17) is 0 Å². The molecule has 0 aromatic carbocycles. The number of carbonyl (C=O) groups is 2. The number of amides is 2. The Morgan fingerprint density at radius 3 is 2.61 bits per heavy atom. The van der Waals surface area contributed by atoms with E-state index in [2.05, 4.69) is 37.1 Å². The molecule has 28 heavy (non-hydrogen) atoms. The average molecular weight is 394 g/mol. The first kappa shape index (κ1) is 19.3. The smallest absolute Gasteiger partial charge is 0.248 e. The molecule has 3 aromatic rings. The Labute approximate surface area is 165 Å². The molecule has 0 radical (unpaired) electrons. The first-order chi connectivity index (χ1) is 13.5. The topological polar surface area (TPSA) is 110 Å². The summed E-state index contributed by atoms with van der Waals surface area (Å²) in [5, 5.41) is 5.92. The fourth-order valence-corrected chi connectivity index (χ4v) is 2.95. The molecule has 2 amide bonds. The Morgan fingerprint density at radius 1 is 1.14 bits per heavy atom. The van der Waals surface area contributed by atoms with E-state index in [9.17, 15) is 9.59 Å². The van der Waals surface area contributed by atoms with E-state index in [-0.39, 0.29) is 11.8 Å². The van der Waals surface area contributed by atoms with E-state index in [1.807, 2.05) is 6.92 Å². The van der Waals surface area contributed by atoms with Crippen LogP contribution in [0.3, 0.4) is 0 Å². The van der Waals surface area contributed by atoms with Crippen LogP contribution in [0.4, 0.5) is 10.9 Å². The van der Waals surface area contributed by atoms with Gasteiger partial charge in [0, 0.05) is 29.0 Å². The number of pyridine rings is 1. The molecule has 3 heterocycles. The summed E-state index contributed by atoms with van der Waals surface area (Å²) in [5.41, 5.74) is 1.83. The minimum absolute atomic E-state index is 0.207. The Kier molecular flexibility index (Phi) is 5.85. The number of rotatable bonds is 6. The maximum atomic E-state index is 12.5. The van der Waals surface area contributed by atoms with Crippen LogP contribution in [-0.4, -0.2) is 31.8 Å². The van der Waals surface area contributed by atoms with Crippen molar-refractivity contribution in [3.63, 3.8) is 0 Å². The Balaban J connectivity index is 1.75. The van der Waals surface area contributed by atoms with Crippen molar-refractivity contribution in [3.05, 3.63) is 60.1 Å². The highest BCUT2D eigenvalue weighted by Gasteiger charge is 2.19. The van der Waals surface area contributed by atoms with Crippen LogP contribution in [0.5, 0.6) is 0 Å². The SMILES string of the molecule is C=CC(=O)Nc1ccc(-c2cncc(C(C)C(=O)Nc3ncc(C)s3)n2)cn1. The largest absolute Gasteiger partial charge is 0.307 e. The zero-order valence-electron chi connectivity index (χ0n) is 15.3. The van der Waals surface area contributed by atoms with Gasteiger partial charge < -0.3 is 10.6 Å². The van der Waals surface area contributed by atoms with E-state index in [0.717, 1.165) is 4.88 Å². The zero-order chi connectivity index (χ0) is 20.1. The fourth-order valence-electron chi connectivity index (χ4n) is 2.29. The van der Waals surface area contributed by atoms with Gasteiger partial charge in [-0.15, -0.1) is 11.3 Å². The minimum Gasteiger partial charge on any atom is -0.307 e. The summed E-state index contributed by atoms with van der Waals surface area (Å²) in [6.07, 6.45) is 7.61. The van der Waals surface area contributed by atoms with Crippen LogP contribution in [0, 0.1) is 6.92 Å². The monoisotopic (exact) mass is 394 g/mol. The Morgan fingerprint density at radius 2 is 1.96 bits per heavy atom. The Bertz CT molecular complexity index is 1020. The van der Waals surface area contributed by atoms with Gasteiger partial charge >= 0.3 is 0 Å². The lowest BCUT2D eigenvalue weighted by atomic mass is 10.1. The molecule has 1 atom stereocenters. The molecule has 0 fully saturated rings. The van der Waals surface area contributed by atoms with Crippen LogP contribution >= 0.6 is 11.3 Å². The van der Waals surface area contributed by atoms with Gasteiger partial charge in [0.15, 0.2) is 5.13 Å². The highest BCUT2D eigenvalue weighted by molar-refractivity contribution is 7.15. The number of aryl methyl sites for hydroxylation is 1. The summed E-state index contributed by atoms with van der Waals surface area (Å²) in [7, 11) is 0. The molecule has 2 N–H and O–H groups in total. The van der Waals surface area contributed by atoms with Gasteiger partial charge in [0.25, 0.3) is 0 Å². The predicted molar refractivity (Wildman–Crippen MR) is 108 cm³/mol. The standard InChI is InChI=1S/C19H18N6O2S/c1-4-17(26)24-16-6-5-13(8-21-16)15-10-20-9-14(23-15)12(3)18(27)25-19-22-7-11(2)28-19/h4-10,12H,1H2,2-3H3,(H,21,24,26)(H,22,25,27). The van der Waals surface area contributed by atoms with E-state index in [1.165, 1.54) is 17.4 Å². The number of thiazole rings is 1. The van der Waals surface area contributed by atoms with Crippen molar-refractivity contribution < 1.29 is 9.59 Å². The number of hydrogen-bond acceptors (Lipinski definition) is 7. The maximum absolute atomic E-state index is 12.5. The summed E-state index contributed by atoms with van der Waals surface area (Å²) in [5.74, 6) is -0.640. The molecule has 0 saturated heterocycles. The molecule has 0 aliphatic rings. The van der Waals surface area contributed by atoms with Gasteiger partial charge in [0.1, 0.15) is 5.82 Å². The van der Waals surface area contributed by atoms with Gasteiger partial charge in [-0.3, -0.25) is 14.6 Å². The van der Waals surface area contributed by atoms with Gasteiger partial charge in [-0.05, 0) is 32.1 Å². The second kappa shape index (κ2) is 8.49. The highest BCUT2D eigenvalue weighted by Crippen LogP contribution is 2.22. The van der Waals surface area contributed by atoms with Crippen molar-refractivity contribution in [1.29, 1.82) is 0 Å². The number of nitrogens with one attached hydrogen (secondary N) is 2. The fraction of sp³-hybridized carbons (Fsp3) is 0.158. The van der Waals surface area contributed by atoms with Gasteiger partial charge in [-0.25, -0.2) is 15.0 Å². The van der Waals surface area contributed by atoms with Crippen molar-refractivity contribution in [2.75, 3.05) is 10.6 Å². The second-order valence-electron chi connectivity index (χ2n) is 5.94. The normalized spacial score (nSPS) is 11.5. The molecular weight excluding hydrogens is 376 g/mol. The lowest BCUT2D eigenvalue weighted by Crippen LogP contribution is -2.20. The summed E-state index contributed by atoms with van der Waals surface area (Å²) < 4.78 is 0. The molecule has 0 spiro atoms. The molecule has 9 heteroatoms. The van der Waals surface area contributed by atoms with Crippen molar-refractivity contribution >= 4 is 34.1 Å². The number of carbonyl (C=O) groups excluding carboxylic acids is 2. The highest BCUT2D eigenvalue weighted by atomic mass is 32.1. The first-order valence-electron chi connectivity index (χ1n) is 8.41. The third-order valence-corrected chi connectivity index (χ3v) is 4.67. The van der Waals surface area contributed by atoms with E-state index in [0.29, 0.717) is 27.9 Å². The molecule has 8 nitrogen and oxygen atoms in total. The molecule has 0 bridgehead atoms. The molecular formula is C19H18N6O2S. The maximum Gasteiger partial charge on any atom is 0.248 e.